The van der Waals surface area contributed by atoms with Crippen molar-refractivity contribution in [3.8, 4) is 0 Å². The Morgan fingerprint density at radius 2 is 0.941 bits per heavy atom. The average Bonchev–Trinajstić information content (AvgIpc) is 2.12. The molecule has 4 bridgehead atoms. The molecule has 4 rings (SSSR count). The summed E-state index contributed by atoms with van der Waals surface area (Å²) in [7, 11) is 0. The van der Waals surface area contributed by atoms with Gasteiger partial charge in [0.1, 0.15) is 0 Å². The van der Waals surface area contributed by atoms with E-state index >= 15 is 0 Å². The van der Waals surface area contributed by atoms with Gasteiger partial charge in [-0.2, -0.15) is 0 Å². The van der Waals surface area contributed by atoms with Gasteiger partial charge in [0, 0.05) is 0 Å². The zero-order valence-electron chi connectivity index (χ0n) is 9.67. The molecule has 0 heterocycles. The van der Waals surface area contributed by atoms with E-state index in [1.807, 2.05) is 0 Å². The molecule has 2 N–H and O–H groups in total. The van der Waals surface area contributed by atoms with Gasteiger partial charge in [-0.1, -0.05) is 0 Å². The summed E-state index contributed by atoms with van der Waals surface area (Å²) in [6, 6.07) is 0. The van der Waals surface area contributed by atoms with Gasteiger partial charge < -0.3 is 14.9 Å². The van der Waals surface area contributed by atoms with E-state index in [0.29, 0.717) is 0 Å². The van der Waals surface area contributed by atoms with Crippen molar-refractivity contribution in [1.82, 2.24) is 0 Å². The van der Waals surface area contributed by atoms with Crippen molar-refractivity contribution >= 4 is 12.3 Å². The Labute approximate surface area is 99.8 Å². The highest BCUT2D eigenvalue weighted by Gasteiger charge is 2.41. The van der Waals surface area contributed by atoms with E-state index in [9.17, 15) is 9.59 Å². The summed E-state index contributed by atoms with van der Waals surface area (Å²) in [5, 5.41) is 15.0. The maximum atomic E-state index is 9.21. The first-order chi connectivity index (χ1) is 8.02. The van der Waals surface area contributed by atoms with Crippen molar-refractivity contribution in [2.24, 2.45) is 23.7 Å². The number of hydrogen-bond acceptors (Lipinski definition) is 3. The van der Waals surface area contributed by atoms with E-state index < -0.39 is 12.3 Å². The molecule has 0 aromatic heterocycles. The molecule has 4 saturated carbocycles. The lowest BCUT2D eigenvalue weighted by Crippen LogP contribution is -2.38. The second kappa shape index (κ2) is 4.94. The van der Waals surface area contributed by atoms with Crippen LogP contribution in [0.25, 0.3) is 0 Å². The molecule has 0 spiro atoms. The Morgan fingerprint density at radius 3 is 1.06 bits per heavy atom. The van der Waals surface area contributed by atoms with Gasteiger partial charge in [-0.25, -0.2) is 9.59 Å². The SMILES string of the molecule is C1C2CC3CC1CC(C2)C3.O=C(O)OC(=O)O. The van der Waals surface area contributed by atoms with Crippen LogP contribution in [0.3, 0.4) is 0 Å². The van der Waals surface area contributed by atoms with E-state index in [2.05, 4.69) is 4.74 Å². The first-order valence-electron chi connectivity index (χ1n) is 6.16. The minimum atomic E-state index is -1.81. The minimum Gasteiger partial charge on any atom is -0.449 e. The van der Waals surface area contributed by atoms with Crippen LogP contribution in [0.1, 0.15) is 38.5 Å². The van der Waals surface area contributed by atoms with E-state index in [1.165, 1.54) is 23.7 Å². The predicted octanol–water partition coefficient (Wildman–Crippen LogP) is 3.19. The maximum Gasteiger partial charge on any atom is 0.516 e. The molecule has 0 unspecified atom stereocenters. The average molecular weight is 242 g/mol. The van der Waals surface area contributed by atoms with Gasteiger partial charge in [0.15, 0.2) is 0 Å². The molecule has 0 aromatic rings. The molecule has 4 aliphatic carbocycles. The molecular formula is C12H18O5. The van der Waals surface area contributed by atoms with Gasteiger partial charge in [-0.3, -0.25) is 0 Å². The van der Waals surface area contributed by atoms with Crippen LogP contribution in [0.2, 0.25) is 0 Å². The Morgan fingerprint density at radius 1 is 0.706 bits per heavy atom. The highest BCUT2D eigenvalue weighted by molar-refractivity contribution is 5.74. The monoisotopic (exact) mass is 242 g/mol. The van der Waals surface area contributed by atoms with Gasteiger partial charge in [0.05, 0.1) is 0 Å². The third-order valence-corrected chi connectivity index (χ3v) is 4.17. The van der Waals surface area contributed by atoms with Crippen molar-refractivity contribution in [3.05, 3.63) is 0 Å². The van der Waals surface area contributed by atoms with E-state index in [1.54, 1.807) is 38.5 Å². The summed E-state index contributed by atoms with van der Waals surface area (Å²) in [4.78, 5) is 18.4. The topological polar surface area (TPSA) is 83.8 Å². The minimum absolute atomic E-state index is 1.18. The van der Waals surface area contributed by atoms with Crippen molar-refractivity contribution in [2.45, 2.75) is 38.5 Å². The standard InChI is InChI=1S/C10H16.C2H2O5/c1-7-2-9-4-8(1)5-10(3-7)6-9;3-1(4)7-2(5)6/h7-10H,1-6H2;(H,3,4)(H,5,6). The van der Waals surface area contributed by atoms with E-state index in [0.717, 1.165) is 0 Å². The van der Waals surface area contributed by atoms with Gasteiger partial charge in [0.2, 0.25) is 0 Å². The second-order valence-corrected chi connectivity index (χ2v) is 5.51. The van der Waals surface area contributed by atoms with Crippen LogP contribution in [0.15, 0.2) is 0 Å². The first kappa shape index (κ1) is 12.2. The van der Waals surface area contributed by atoms with Crippen LogP contribution in [0.4, 0.5) is 9.59 Å². The first-order valence-corrected chi connectivity index (χ1v) is 6.16. The lowest BCUT2D eigenvalue weighted by atomic mass is 9.56. The number of hydrogen-bond donors (Lipinski definition) is 2. The van der Waals surface area contributed by atoms with Gasteiger partial charge in [-0.15, -0.1) is 0 Å². The molecular weight excluding hydrogens is 224 g/mol. The fraction of sp³-hybridized carbons (Fsp3) is 0.833. The molecule has 0 aromatic carbocycles. The Kier molecular flexibility index (Phi) is 3.54. The molecule has 4 fully saturated rings. The molecule has 0 atom stereocenters. The predicted molar refractivity (Wildman–Crippen MR) is 58.8 cm³/mol. The largest absolute Gasteiger partial charge is 0.516 e. The fourth-order valence-electron chi connectivity index (χ4n) is 4.06. The summed E-state index contributed by atoms with van der Waals surface area (Å²) < 4.78 is 3.08. The second-order valence-electron chi connectivity index (χ2n) is 5.51. The van der Waals surface area contributed by atoms with Crippen molar-refractivity contribution in [2.75, 3.05) is 0 Å². The van der Waals surface area contributed by atoms with Crippen LogP contribution in [-0.4, -0.2) is 22.5 Å². The van der Waals surface area contributed by atoms with Gasteiger partial charge in [-0.05, 0) is 62.2 Å². The summed E-state index contributed by atoms with van der Waals surface area (Å²) in [5.41, 5.74) is 0. The summed E-state index contributed by atoms with van der Waals surface area (Å²) >= 11 is 0. The number of carbonyl (C=O) groups is 2. The third kappa shape index (κ3) is 3.35. The molecule has 0 radical (unpaired) electrons. The molecule has 5 heteroatoms. The molecule has 0 aliphatic heterocycles. The van der Waals surface area contributed by atoms with Crippen LogP contribution in [0.5, 0.6) is 0 Å². The van der Waals surface area contributed by atoms with Gasteiger partial charge >= 0.3 is 12.3 Å². The summed E-state index contributed by atoms with van der Waals surface area (Å²) in [5.74, 6) is 4.71. The molecule has 96 valence electrons. The van der Waals surface area contributed by atoms with Crippen molar-refractivity contribution < 1.29 is 24.5 Å². The Bertz CT molecular complexity index is 243. The van der Waals surface area contributed by atoms with Gasteiger partial charge in [0.25, 0.3) is 0 Å². The number of ether oxygens (including phenoxy) is 1. The summed E-state index contributed by atoms with van der Waals surface area (Å²) in [6.07, 6.45) is 6.00. The van der Waals surface area contributed by atoms with Crippen LogP contribution >= 0.6 is 0 Å². The lowest BCUT2D eigenvalue weighted by molar-refractivity contribution is 0.0198. The van der Waals surface area contributed by atoms with Crippen molar-refractivity contribution in [1.29, 1.82) is 0 Å². The zero-order chi connectivity index (χ0) is 12.4. The molecule has 4 aliphatic rings. The highest BCUT2D eigenvalue weighted by Crippen LogP contribution is 2.53. The smallest absolute Gasteiger partial charge is 0.449 e. The maximum absolute atomic E-state index is 9.21. The highest BCUT2D eigenvalue weighted by atomic mass is 16.7. The van der Waals surface area contributed by atoms with Crippen molar-refractivity contribution in [3.63, 3.8) is 0 Å². The summed E-state index contributed by atoms with van der Waals surface area (Å²) in [6.45, 7) is 0. The van der Waals surface area contributed by atoms with Crippen LogP contribution in [-0.2, 0) is 4.74 Å². The lowest BCUT2D eigenvalue weighted by Gasteiger charge is -2.49. The third-order valence-electron chi connectivity index (χ3n) is 4.17. The number of carboxylic acid groups (broad SMARTS) is 2. The van der Waals surface area contributed by atoms with E-state index in [-0.39, 0.29) is 0 Å². The van der Waals surface area contributed by atoms with E-state index in [4.69, 9.17) is 10.2 Å². The zero-order valence-corrected chi connectivity index (χ0v) is 9.67. The molecule has 0 amide bonds. The Balaban J connectivity index is 0.000000139. The fourth-order valence-corrected chi connectivity index (χ4v) is 4.06. The van der Waals surface area contributed by atoms with Crippen LogP contribution < -0.4 is 0 Å². The molecule has 5 nitrogen and oxygen atoms in total. The quantitative estimate of drug-likeness (QED) is 0.503. The molecule has 17 heavy (non-hydrogen) atoms. The Hall–Kier alpha value is -1.26. The normalized spacial score (nSPS) is 36.9. The molecule has 0 saturated heterocycles. The number of rotatable bonds is 0. The van der Waals surface area contributed by atoms with Crippen LogP contribution in [0, 0.1) is 23.7 Å².